The topological polar surface area (TPSA) is 107 Å². The van der Waals surface area contributed by atoms with Crippen LogP contribution in [-0.2, 0) is 0 Å². The number of aromatic nitrogens is 3. The van der Waals surface area contributed by atoms with E-state index in [1.165, 1.54) is 0 Å². The van der Waals surface area contributed by atoms with Crippen LogP contribution in [0, 0.1) is 5.92 Å². The Morgan fingerprint density at radius 1 is 1.09 bits per heavy atom. The fourth-order valence-electron chi connectivity index (χ4n) is 5.37. The lowest BCUT2D eigenvalue weighted by atomic mass is 9.83. The molecular formula is C27H31N7O. The number of benzene rings is 2. The summed E-state index contributed by atoms with van der Waals surface area (Å²) < 4.78 is 0. The van der Waals surface area contributed by atoms with E-state index in [1.54, 1.807) is 0 Å². The van der Waals surface area contributed by atoms with Crippen molar-refractivity contribution in [3.8, 4) is 11.4 Å². The molecule has 180 valence electrons. The van der Waals surface area contributed by atoms with Crippen LogP contribution in [0.4, 0.5) is 5.82 Å². The molecule has 8 heteroatoms. The van der Waals surface area contributed by atoms with Crippen LogP contribution in [0.1, 0.15) is 43.6 Å². The number of H-pyrrole nitrogens is 1. The quantitative estimate of drug-likeness (QED) is 0.303. The van der Waals surface area contributed by atoms with E-state index < -0.39 is 0 Å². The van der Waals surface area contributed by atoms with Gasteiger partial charge in [-0.1, -0.05) is 24.3 Å². The van der Waals surface area contributed by atoms with Crippen molar-refractivity contribution in [3.05, 3.63) is 54.2 Å². The SMILES string of the molecule is CC(C)NC(=O)c1cc2ccc(-c3nc(NC4CCC5NNCC5C4)c4ccccc4n3)cc2[nH]1. The predicted octanol–water partition coefficient (Wildman–Crippen LogP) is 3.97. The number of rotatable bonds is 5. The summed E-state index contributed by atoms with van der Waals surface area (Å²) in [4.78, 5) is 25.6. The lowest BCUT2D eigenvalue weighted by Crippen LogP contribution is -2.39. The summed E-state index contributed by atoms with van der Waals surface area (Å²) in [5, 5.41) is 8.71. The van der Waals surface area contributed by atoms with Gasteiger partial charge < -0.3 is 15.6 Å². The number of amides is 1. The second-order valence-corrected chi connectivity index (χ2v) is 10.1. The van der Waals surface area contributed by atoms with Gasteiger partial charge in [0.25, 0.3) is 5.91 Å². The maximum absolute atomic E-state index is 12.4. The Kier molecular flexibility index (Phi) is 5.62. The molecule has 1 saturated heterocycles. The molecule has 1 aliphatic heterocycles. The summed E-state index contributed by atoms with van der Waals surface area (Å²) >= 11 is 0. The Labute approximate surface area is 204 Å². The summed E-state index contributed by atoms with van der Waals surface area (Å²) in [6.45, 7) is 4.93. The van der Waals surface area contributed by atoms with Gasteiger partial charge in [0.05, 0.1) is 5.52 Å². The van der Waals surface area contributed by atoms with Crippen molar-refractivity contribution in [2.45, 2.75) is 51.2 Å². The summed E-state index contributed by atoms with van der Waals surface area (Å²) in [5.74, 6) is 2.10. The zero-order valence-corrected chi connectivity index (χ0v) is 20.1. The van der Waals surface area contributed by atoms with Crippen molar-refractivity contribution in [2.75, 3.05) is 11.9 Å². The van der Waals surface area contributed by atoms with Gasteiger partial charge in [0, 0.05) is 46.5 Å². The summed E-state index contributed by atoms with van der Waals surface area (Å²) in [7, 11) is 0. The second-order valence-electron chi connectivity index (χ2n) is 10.1. The summed E-state index contributed by atoms with van der Waals surface area (Å²) in [6.07, 6.45) is 3.38. The number of hydrogen-bond acceptors (Lipinski definition) is 6. The minimum absolute atomic E-state index is 0.0811. The van der Waals surface area contributed by atoms with Crippen LogP contribution in [0.25, 0.3) is 33.2 Å². The molecule has 1 amide bonds. The fourth-order valence-corrected chi connectivity index (χ4v) is 5.37. The highest BCUT2D eigenvalue weighted by atomic mass is 16.1. The molecule has 3 unspecified atom stereocenters. The lowest BCUT2D eigenvalue weighted by Gasteiger charge is -2.31. The molecule has 2 fully saturated rings. The number of nitrogens with zero attached hydrogens (tertiary/aromatic N) is 2. The van der Waals surface area contributed by atoms with Crippen LogP contribution < -0.4 is 21.5 Å². The Bertz CT molecular complexity index is 1400. The molecule has 6 rings (SSSR count). The average Bonchev–Trinajstić information content (AvgIpc) is 3.50. The van der Waals surface area contributed by atoms with Gasteiger partial charge in [-0.05, 0) is 63.3 Å². The monoisotopic (exact) mass is 469 g/mol. The van der Waals surface area contributed by atoms with Crippen molar-refractivity contribution >= 4 is 33.5 Å². The van der Waals surface area contributed by atoms with Gasteiger partial charge in [0.1, 0.15) is 11.5 Å². The number of anilines is 1. The van der Waals surface area contributed by atoms with Gasteiger partial charge in [-0.3, -0.25) is 15.6 Å². The van der Waals surface area contributed by atoms with Gasteiger partial charge in [0.15, 0.2) is 5.82 Å². The van der Waals surface area contributed by atoms with Crippen LogP contribution in [0.3, 0.4) is 0 Å². The minimum atomic E-state index is -0.103. The highest BCUT2D eigenvalue weighted by Crippen LogP contribution is 2.32. The first kappa shape index (κ1) is 22.0. The number of hydrogen-bond donors (Lipinski definition) is 5. The van der Waals surface area contributed by atoms with E-state index >= 15 is 0 Å². The Morgan fingerprint density at radius 3 is 2.86 bits per heavy atom. The molecule has 3 heterocycles. The highest BCUT2D eigenvalue weighted by molar-refractivity contribution is 5.99. The van der Waals surface area contributed by atoms with Gasteiger partial charge in [-0.2, -0.15) is 0 Å². The lowest BCUT2D eigenvalue weighted by molar-refractivity contribution is 0.0939. The molecule has 0 spiro atoms. The molecule has 8 nitrogen and oxygen atoms in total. The summed E-state index contributed by atoms with van der Waals surface area (Å²) in [5.41, 5.74) is 9.99. The molecule has 0 bridgehead atoms. The van der Waals surface area contributed by atoms with Crippen molar-refractivity contribution in [3.63, 3.8) is 0 Å². The minimum Gasteiger partial charge on any atom is -0.367 e. The third kappa shape index (κ3) is 4.35. The number of fused-ring (bicyclic) bond motifs is 3. The van der Waals surface area contributed by atoms with Crippen molar-refractivity contribution in [2.24, 2.45) is 5.92 Å². The molecular weight excluding hydrogens is 438 g/mol. The van der Waals surface area contributed by atoms with E-state index in [1.807, 2.05) is 56.3 Å². The number of carbonyl (C=O) groups is 1. The first-order chi connectivity index (χ1) is 17.0. The average molecular weight is 470 g/mol. The molecule has 4 aromatic rings. The largest absolute Gasteiger partial charge is 0.367 e. The molecule has 1 saturated carbocycles. The van der Waals surface area contributed by atoms with Gasteiger partial charge >= 0.3 is 0 Å². The zero-order chi connectivity index (χ0) is 23.9. The van der Waals surface area contributed by atoms with E-state index in [0.29, 0.717) is 29.5 Å². The Morgan fingerprint density at radius 2 is 1.97 bits per heavy atom. The van der Waals surface area contributed by atoms with E-state index in [-0.39, 0.29) is 11.9 Å². The standard InChI is InChI=1S/C27H31N7O/c1-15(2)29-27(35)24-12-16-7-8-17(13-23(16)31-24)25-32-22-6-4-3-5-20(22)26(33-25)30-19-9-10-21-18(11-19)14-28-34-21/h3-8,12-13,15,18-19,21,28,31,34H,9-11,14H2,1-2H3,(H,29,35)(H,30,32,33). The van der Waals surface area contributed by atoms with Gasteiger partial charge in [0.2, 0.25) is 0 Å². The van der Waals surface area contributed by atoms with Crippen LogP contribution in [0.15, 0.2) is 48.5 Å². The maximum Gasteiger partial charge on any atom is 0.267 e. The first-order valence-corrected chi connectivity index (χ1v) is 12.5. The van der Waals surface area contributed by atoms with Crippen molar-refractivity contribution in [1.29, 1.82) is 0 Å². The smallest absolute Gasteiger partial charge is 0.267 e. The number of aromatic amines is 1. The highest BCUT2D eigenvalue weighted by Gasteiger charge is 2.34. The number of nitrogens with one attached hydrogen (secondary N) is 5. The molecule has 35 heavy (non-hydrogen) atoms. The molecule has 0 radical (unpaired) electrons. The predicted molar refractivity (Wildman–Crippen MR) is 139 cm³/mol. The van der Waals surface area contributed by atoms with Gasteiger partial charge in [-0.15, -0.1) is 0 Å². The maximum atomic E-state index is 12.4. The zero-order valence-electron chi connectivity index (χ0n) is 20.1. The number of carbonyl (C=O) groups excluding carboxylic acids is 1. The molecule has 2 aromatic heterocycles. The molecule has 2 aromatic carbocycles. The normalized spacial score (nSPS) is 22.0. The number of para-hydroxylation sites is 1. The van der Waals surface area contributed by atoms with E-state index in [4.69, 9.17) is 9.97 Å². The van der Waals surface area contributed by atoms with Crippen molar-refractivity contribution in [1.82, 2.24) is 31.1 Å². The molecule has 2 aliphatic rings. The molecule has 1 aliphatic carbocycles. The fraction of sp³-hybridized carbons (Fsp3) is 0.370. The Hall–Kier alpha value is -3.49. The van der Waals surface area contributed by atoms with Crippen LogP contribution >= 0.6 is 0 Å². The third-order valence-electron chi connectivity index (χ3n) is 7.12. The van der Waals surface area contributed by atoms with Crippen molar-refractivity contribution < 1.29 is 4.79 Å². The van der Waals surface area contributed by atoms with E-state index in [9.17, 15) is 4.79 Å². The molecule has 5 N–H and O–H groups in total. The molecule has 3 atom stereocenters. The van der Waals surface area contributed by atoms with Gasteiger partial charge in [-0.25, -0.2) is 9.97 Å². The second kappa shape index (κ2) is 8.94. The van der Waals surface area contributed by atoms with Crippen LogP contribution in [-0.4, -0.2) is 45.5 Å². The third-order valence-corrected chi connectivity index (χ3v) is 7.12. The van der Waals surface area contributed by atoms with E-state index in [2.05, 4.69) is 32.5 Å². The first-order valence-electron chi connectivity index (χ1n) is 12.5. The summed E-state index contributed by atoms with van der Waals surface area (Å²) in [6, 6.07) is 17.2. The van der Waals surface area contributed by atoms with E-state index in [0.717, 1.165) is 59.0 Å². The van der Waals surface area contributed by atoms with Crippen LogP contribution in [0.2, 0.25) is 0 Å². The Balaban J connectivity index is 1.33. The van der Waals surface area contributed by atoms with Crippen LogP contribution in [0.5, 0.6) is 0 Å². The number of hydrazine groups is 1.